The highest BCUT2D eigenvalue weighted by molar-refractivity contribution is 5.53. The zero-order chi connectivity index (χ0) is 12.0. The summed E-state index contributed by atoms with van der Waals surface area (Å²) in [5.41, 5.74) is -2.25. The molecule has 0 aromatic carbocycles. The zero-order valence-electron chi connectivity index (χ0n) is 8.41. The third-order valence-electron chi connectivity index (χ3n) is 2.71. The third-order valence-corrected chi connectivity index (χ3v) is 2.71. The molecule has 0 bridgehead atoms. The molecule has 2 heterocycles. The Labute approximate surface area is 89.7 Å². The van der Waals surface area contributed by atoms with Crippen molar-refractivity contribution in [2.24, 2.45) is 0 Å². The molecule has 0 spiro atoms. The quantitative estimate of drug-likeness (QED) is 0.786. The second-order valence-electron chi connectivity index (χ2n) is 3.66. The van der Waals surface area contributed by atoms with Gasteiger partial charge in [-0.1, -0.05) is 0 Å². The van der Waals surface area contributed by atoms with Crippen molar-refractivity contribution in [3.63, 3.8) is 0 Å². The fourth-order valence-electron chi connectivity index (χ4n) is 1.66. The van der Waals surface area contributed by atoms with Crippen molar-refractivity contribution in [2.45, 2.75) is 25.2 Å². The summed E-state index contributed by atoms with van der Waals surface area (Å²) in [6.07, 6.45) is -1.52. The zero-order valence-corrected chi connectivity index (χ0v) is 8.41. The highest BCUT2D eigenvalue weighted by atomic mass is 19.4. The number of anilines is 1. The Morgan fingerprint density at radius 3 is 2.69 bits per heavy atom. The number of alkyl halides is 3. The van der Waals surface area contributed by atoms with Crippen LogP contribution < -0.4 is 4.90 Å². The number of nitrogens with zero attached hydrogens (tertiary/aromatic N) is 3. The summed E-state index contributed by atoms with van der Waals surface area (Å²) in [6, 6.07) is 0. The summed E-state index contributed by atoms with van der Waals surface area (Å²) in [6.45, 7) is 1.67. The summed E-state index contributed by atoms with van der Waals surface area (Å²) >= 11 is 0. The van der Waals surface area contributed by atoms with Gasteiger partial charge in [0.15, 0.2) is 6.33 Å². The first-order valence-electron chi connectivity index (χ1n) is 4.63. The van der Waals surface area contributed by atoms with Crippen molar-refractivity contribution in [1.82, 2.24) is 9.97 Å². The lowest BCUT2D eigenvalue weighted by Gasteiger charge is -2.50. The topological polar surface area (TPSA) is 49.2 Å². The minimum Gasteiger partial charge on any atom is -0.363 e. The molecule has 2 rings (SSSR count). The van der Waals surface area contributed by atoms with Crippen LogP contribution in [0.15, 0.2) is 6.20 Å². The van der Waals surface area contributed by atoms with E-state index in [2.05, 4.69) is 16.3 Å². The summed E-state index contributed by atoms with van der Waals surface area (Å²) < 4.78 is 37.8. The highest BCUT2D eigenvalue weighted by Crippen LogP contribution is 2.45. The molecule has 1 radical (unpaired) electrons. The Hall–Kier alpha value is -1.37. The fourth-order valence-corrected chi connectivity index (χ4v) is 1.66. The monoisotopic (exact) mass is 232 g/mol. The van der Waals surface area contributed by atoms with Crippen molar-refractivity contribution in [3.05, 3.63) is 18.2 Å². The van der Waals surface area contributed by atoms with Crippen LogP contribution in [-0.2, 0) is 0 Å². The van der Waals surface area contributed by atoms with Gasteiger partial charge in [0.25, 0.3) is 0 Å². The van der Waals surface area contributed by atoms with Crippen LogP contribution in [0.25, 0.3) is 0 Å². The van der Waals surface area contributed by atoms with Gasteiger partial charge in [-0.3, -0.25) is 0 Å². The highest BCUT2D eigenvalue weighted by Gasteiger charge is 2.63. The van der Waals surface area contributed by atoms with Gasteiger partial charge < -0.3 is 10.0 Å². The first-order chi connectivity index (χ1) is 7.36. The van der Waals surface area contributed by atoms with Crippen LogP contribution in [-0.4, -0.2) is 33.5 Å². The maximum absolute atomic E-state index is 12.6. The number of rotatable bonds is 1. The van der Waals surface area contributed by atoms with Crippen LogP contribution in [0.3, 0.4) is 0 Å². The van der Waals surface area contributed by atoms with E-state index in [1.165, 1.54) is 6.20 Å². The summed E-state index contributed by atoms with van der Waals surface area (Å²) in [4.78, 5) is 8.07. The number of hydrogen-bond acceptors (Lipinski definition) is 4. The maximum atomic E-state index is 12.6. The Morgan fingerprint density at radius 1 is 1.56 bits per heavy atom. The van der Waals surface area contributed by atoms with Crippen molar-refractivity contribution < 1.29 is 18.3 Å². The SMILES string of the molecule is Cc1n[c]ncc1N1CCC1(O)C(F)(F)F. The smallest absolute Gasteiger partial charge is 0.363 e. The second kappa shape index (κ2) is 3.31. The van der Waals surface area contributed by atoms with Gasteiger partial charge in [0, 0.05) is 13.0 Å². The van der Waals surface area contributed by atoms with Crippen LogP contribution in [0.2, 0.25) is 0 Å². The van der Waals surface area contributed by atoms with Gasteiger partial charge in [-0.2, -0.15) is 13.2 Å². The van der Waals surface area contributed by atoms with Gasteiger partial charge in [0.1, 0.15) is 0 Å². The molecule has 7 heteroatoms. The second-order valence-corrected chi connectivity index (χ2v) is 3.66. The molecule has 16 heavy (non-hydrogen) atoms. The molecule has 0 aliphatic carbocycles. The predicted octanol–water partition coefficient (Wildman–Crippen LogP) is 1.05. The predicted molar refractivity (Wildman–Crippen MR) is 48.6 cm³/mol. The van der Waals surface area contributed by atoms with E-state index in [1.807, 2.05) is 0 Å². The van der Waals surface area contributed by atoms with E-state index in [4.69, 9.17) is 0 Å². The maximum Gasteiger partial charge on any atom is 0.436 e. The average molecular weight is 232 g/mol. The molecule has 1 aromatic rings. The van der Waals surface area contributed by atoms with E-state index in [0.717, 1.165) is 4.90 Å². The van der Waals surface area contributed by atoms with Gasteiger partial charge in [-0.15, -0.1) is 0 Å². The van der Waals surface area contributed by atoms with E-state index in [9.17, 15) is 18.3 Å². The number of hydrogen-bond donors (Lipinski definition) is 1. The summed E-state index contributed by atoms with van der Waals surface area (Å²) in [5.74, 6) is 0. The Morgan fingerprint density at radius 2 is 2.25 bits per heavy atom. The summed E-state index contributed by atoms with van der Waals surface area (Å²) in [7, 11) is 0. The normalized spacial score (nSPS) is 25.4. The number of aryl methyl sites for hydroxylation is 1. The van der Waals surface area contributed by atoms with E-state index in [1.54, 1.807) is 6.92 Å². The van der Waals surface area contributed by atoms with Gasteiger partial charge in [0.05, 0.1) is 17.6 Å². The fraction of sp³-hybridized carbons (Fsp3) is 0.556. The lowest BCUT2D eigenvalue weighted by atomic mass is 9.96. The van der Waals surface area contributed by atoms with E-state index in [0.29, 0.717) is 5.69 Å². The Balaban J connectivity index is 2.35. The molecule has 1 aromatic heterocycles. The third kappa shape index (κ3) is 1.42. The van der Waals surface area contributed by atoms with Gasteiger partial charge in [-0.05, 0) is 6.92 Å². The molecule has 1 unspecified atom stereocenters. The lowest BCUT2D eigenvalue weighted by Crippen LogP contribution is -2.68. The molecule has 1 aliphatic rings. The van der Waals surface area contributed by atoms with Crippen molar-refractivity contribution in [2.75, 3.05) is 11.4 Å². The Kier molecular flexibility index (Phi) is 2.30. The van der Waals surface area contributed by atoms with Gasteiger partial charge >= 0.3 is 6.18 Å². The number of aliphatic hydroxyl groups is 1. The molecule has 1 fully saturated rings. The van der Waals surface area contributed by atoms with Crippen molar-refractivity contribution in [1.29, 1.82) is 0 Å². The largest absolute Gasteiger partial charge is 0.436 e. The molecule has 87 valence electrons. The van der Waals surface area contributed by atoms with Crippen molar-refractivity contribution in [3.8, 4) is 0 Å². The minimum atomic E-state index is -4.68. The molecule has 0 amide bonds. The van der Waals surface area contributed by atoms with Crippen LogP contribution >= 0.6 is 0 Å². The molecule has 0 saturated carbocycles. The molecule has 4 nitrogen and oxygen atoms in total. The number of halogens is 3. The van der Waals surface area contributed by atoms with Gasteiger partial charge in [0.2, 0.25) is 5.72 Å². The minimum absolute atomic E-state index is 0.129. The van der Waals surface area contributed by atoms with Crippen LogP contribution in [0.5, 0.6) is 0 Å². The molecular formula is C9H9F3N3O. The standard InChI is InChI=1S/C9H9F3N3O/c1-6-7(4-13-5-14-6)15-3-2-8(15,16)9(10,11)12/h4,16H,2-3H2,1H3. The first-order valence-corrected chi connectivity index (χ1v) is 4.63. The summed E-state index contributed by atoms with van der Waals surface area (Å²) in [5, 5.41) is 9.52. The van der Waals surface area contributed by atoms with Crippen LogP contribution in [0, 0.1) is 13.3 Å². The van der Waals surface area contributed by atoms with E-state index in [-0.39, 0.29) is 18.7 Å². The molecule has 1 saturated heterocycles. The van der Waals surface area contributed by atoms with Crippen LogP contribution in [0.4, 0.5) is 18.9 Å². The molecule has 1 atom stereocenters. The van der Waals surface area contributed by atoms with Crippen LogP contribution in [0.1, 0.15) is 12.1 Å². The number of aromatic nitrogens is 2. The van der Waals surface area contributed by atoms with Crippen molar-refractivity contribution >= 4 is 5.69 Å². The average Bonchev–Trinajstić information content (AvgIpc) is 2.17. The molecule has 1 N–H and O–H groups in total. The molecular weight excluding hydrogens is 223 g/mol. The Bertz CT molecular complexity index is 409. The van der Waals surface area contributed by atoms with E-state index >= 15 is 0 Å². The first kappa shape index (κ1) is 11.1. The lowest BCUT2D eigenvalue weighted by molar-refractivity contribution is -0.279. The van der Waals surface area contributed by atoms with E-state index < -0.39 is 11.9 Å². The van der Waals surface area contributed by atoms with Gasteiger partial charge in [-0.25, -0.2) is 9.97 Å². The molecule has 1 aliphatic heterocycles.